The Bertz CT molecular complexity index is 682. The standard InChI is InChI=1S/C15H17BrFN3O3/c16-13-11-3-4-20(10-1-2-10)14(21)12(11)7-19(13)6-9(5-17)8-23-15(18)22/h5,7,10H,1-4,6,8H2,(H2,18,22)/b9-5+. The Kier molecular flexibility index (Phi) is 4.43. The fourth-order valence-corrected chi connectivity index (χ4v) is 3.47. The first kappa shape index (κ1) is 16.0. The Morgan fingerprint density at radius 3 is 2.87 bits per heavy atom. The van der Waals surface area contributed by atoms with Gasteiger partial charge in [-0.05, 0) is 40.8 Å². The second kappa shape index (κ2) is 6.35. The van der Waals surface area contributed by atoms with Crippen molar-refractivity contribution < 1.29 is 18.7 Å². The molecule has 1 aliphatic heterocycles. The summed E-state index contributed by atoms with van der Waals surface area (Å²) in [6.07, 6.45) is 4.09. The van der Waals surface area contributed by atoms with Gasteiger partial charge >= 0.3 is 6.09 Å². The van der Waals surface area contributed by atoms with E-state index in [0.29, 0.717) is 17.9 Å². The molecule has 0 bridgehead atoms. The van der Waals surface area contributed by atoms with Crippen molar-refractivity contribution in [1.29, 1.82) is 0 Å². The normalized spacial score (nSPS) is 18.1. The number of nitrogens with zero attached hydrogens (tertiary/aromatic N) is 2. The molecule has 2 heterocycles. The number of rotatable bonds is 5. The minimum absolute atomic E-state index is 0.0346. The highest BCUT2D eigenvalue weighted by Crippen LogP contribution is 2.35. The molecule has 0 radical (unpaired) electrons. The minimum atomic E-state index is -0.953. The van der Waals surface area contributed by atoms with Gasteiger partial charge in [0.2, 0.25) is 0 Å². The Labute approximate surface area is 141 Å². The second-order valence-corrected chi connectivity index (χ2v) is 6.55. The lowest BCUT2D eigenvalue weighted by Crippen LogP contribution is -2.38. The van der Waals surface area contributed by atoms with Crippen molar-refractivity contribution in [2.45, 2.75) is 31.8 Å². The third kappa shape index (κ3) is 3.26. The number of amides is 2. The zero-order chi connectivity index (χ0) is 16.6. The molecule has 8 heteroatoms. The average molecular weight is 386 g/mol. The molecule has 0 unspecified atom stereocenters. The van der Waals surface area contributed by atoms with Crippen LogP contribution in [0.2, 0.25) is 0 Å². The van der Waals surface area contributed by atoms with Crippen molar-refractivity contribution in [3.05, 3.63) is 33.8 Å². The summed E-state index contributed by atoms with van der Waals surface area (Å²) in [4.78, 5) is 25.1. The summed E-state index contributed by atoms with van der Waals surface area (Å²) >= 11 is 3.48. The molecule has 0 saturated heterocycles. The number of carbonyl (C=O) groups excluding carboxylic acids is 2. The second-order valence-electron chi connectivity index (χ2n) is 5.79. The number of ether oxygens (including phenoxy) is 1. The third-order valence-corrected chi connectivity index (χ3v) is 5.05. The summed E-state index contributed by atoms with van der Waals surface area (Å²) in [5.41, 5.74) is 6.74. The smallest absolute Gasteiger partial charge is 0.404 e. The fourth-order valence-electron chi connectivity index (χ4n) is 2.83. The third-order valence-electron chi connectivity index (χ3n) is 4.12. The topological polar surface area (TPSA) is 77.6 Å². The number of fused-ring (bicyclic) bond motifs is 1. The Balaban J connectivity index is 1.78. The predicted molar refractivity (Wildman–Crippen MR) is 84.6 cm³/mol. The van der Waals surface area contributed by atoms with E-state index in [1.807, 2.05) is 4.90 Å². The maximum Gasteiger partial charge on any atom is 0.404 e. The van der Waals surface area contributed by atoms with Gasteiger partial charge in [0.15, 0.2) is 0 Å². The number of aromatic nitrogens is 1. The lowest BCUT2D eigenvalue weighted by atomic mass is 10.0. The van der Waals surface area contributed by atoms with Gasteiger partial charge in [-0.15, -0.1) is 0 Å². The number of hydrogen-bond acceptors (Lipinski definition) is 3. The van der Waals surface area contributed by atoms with Crippen LogP contribution in [0.25, 0.3) is 0 Å². The first-order valence-corrected chi connectivity index (χ1v) is 8.19. The van der Waals surface area contributed by atoms with Crippen LogP contribution in [-0.4, -0.2) is 40.7 Å². The lowest BCUT2D eigenvalue weighted by molar-refractivity contribution is 0.0727. The first-order valence-electron chi connectivity index (χ1n) is 7.40. The van der Waals surface area contributed by atoms with Gasteiger partial charge in [-0.1, -0.05) is 0 Å². The Morgan fingerprint density at radius 1 is 1.52 bits per heavy atom. The molecular formula is C15H17BrFN3O3. The highest BCUT2D eigenvalue weighted by Gasteiger charge is 2.37. The molecule has 1 aliphatic carbocycles. The number of hydrogen-bond donors (Lipinski definition) is 1. The molecule has 1 aromatic heterocycles. The van der Waals surface area contributed by atoms with Crippen LogP contribution in [0.3, 0.4) is 0 Å². The summed E-state index contributed by atoms with van der Waals surface area (Å²) in [7, 11) is 0. The molecule has 3 rings (SSSR count). The molecule has 0 aromatic carbocycles. The van der Waals surface area contributed by atoms with Gasteiger partial charge in [0.25, 0.3) is 5.91 Å². The molecular weight excluding hydrogens is 369 g/mol. The number of halogens is 2. The quantitative estimate of drug-likeness (QED) is 0.844. The molecule has 124 valence electrons. The lowest BCUT2D eigenvalue weighted by Gasteiger charge is -2.26. The van der Waals surface area contributed by atoms with Crippen molar-refractivity contribution in [3.8, 4) is 0 Å². The fraction of sp³-hybridized carbons (Fsp3) is 0.467. The van der Waals surface area contributed by atoms with Gasteiger partial charge in [0.05, 0.1) is 16.5 Å². The van der Waals surface area contributed by atoms with Crippen LogP contribution in [0.1, 0.15) is 28.8 Å². The zero-order valence-electron chi connectivity index (χ0n) is 12.4. The molecule has 1 aromatic rings. The molecule has 2 aliphatic rings. The Hall–Kier alpha value is -1.83. The predicted octanol–water partition coefficient (Wildman–Crippen LogP) is 2.36. The van der Waals surface area contributed by atoms with Crippen LogP contribution in [0.4, 0.5) is 9.18 Å². The minimum Gasteiger partial charge on any atom is -0.445 e. The average Bonchev–Trinajstić information content (AvgIpc) is 3.30. The van der Waals surface area contributed by atoms with Crippen LogP contribution in [-0.2, 0) is 17.7 Å². The number of carbonyl (C=O) groups is 2. The summed E-state index contributed by atoms with van der Waals surface area (Å²) in [6.45, 7) is 0.674. The molecule has 6 nitrogen and oxygen atoms in total. The molecule has 1 saturated carbocycles. The van der Waals surface area contributed by atoms with E-state index in [9.17, 15) is 14.0 Å². The largest absolute Gasteiger partial charge is 0.445 e. The molecule has 1 fully saturated rings. The van der Waals surface area contributed by atoms with Crippen LogP contribution in [0.15, 0.2) is 22.7 Å². The maximum atomic E-state index is 13.0. The monoisotopic (exact) mass is 385 g/mol. The van der Waals surface area contributed by atoms with E-state index in [2.05, 4.69) is 20.7 Å². The molecule has 0 atom stereocenters. The summed E-state index contributed by atoms with van der Waals surface area (Å²) in [6, 6.07) is 0.378. The van der Waals surface area contributed by atoms with Crippen molar-refractivity contribution >= 4 is 27.9 Å². The van der Waals surface area contributed by atoms with E-state index in [1.165, 1.54) is 0 Å². The number of primary amides is 1. The van der Waals surface area contributed by atoms with Gasteiger partial charge in [-0.3, -0.25) is 4.79 Å². The van der Waals surface area contributed by atoms with E-state index < -0.39 is 6.09 Å². The van der Waals surface area contributed by atoms with Crippen LogP contribution in [0.5, 0.6) is 0 Å². The van der Waals surface area contributed by atoms with Crippen molar-refractivity contribution in [2.75, 3.05) is 13.2 Å². The Morgan fingerprint density at radius 2 is 2.26 bits per heavy atom. The van der Waals surface area contributed by atoms with E-state index in [-0.39, 0.29) is 24.6 Å². The van der Waals surface area contributed by atoms with Crippen molar-refractivity contribution in [3.63, 3.8) is 0 Å². The van der Waals surface area contributed by atoms with E-state index >= 15 is 0 Å². The SMILES string of the molecule is NC(=O)OC/C(=C/F)Cn1cc2c(c1Br)CCN(C1CC1)C2=O. The first-order chi connectivity index (χ1) is 11.0. The van der Waals surface area contributed by atoms with Crippen molar-refractivity contribution in [2.24, 2.45) is 5.73 Å². The van der Waals surface area contributed by atoms with Crippen LogP contribution >= 0.6 is 15.9 Å². The van der Waals surface area contributed by atoms with E-state index in [0.717, 1.165) is 36.0 Å². The molecule has 0 spiro atoms. The summed E-state index contributed by atoms with van der Waals surface area (Å²) in [5, 5.41) is 0. The van der Waals surface area contributed by atoms with Crippen molar-refractivity contribution in [1.82, 2.24) is 9.47 Å². The van der Waals surface area contributed by atoms with E-state index in [1.54, 1.807) is 10.8 Å². The van der Waals surface area contributed by atoms with E-state index in [4.69, 9.17) is 5.73 Å². The van der Waals surface area contributed by atoms with Gasteiger partial charge in [-0.2, -0.15) is 0 Å². The summed E-state index contributed by atoms with van der Waals surface area (Å²) < 4.78 is 20.1. The van der Waals surface area contributed by atoms with Crippen LogP contribution in [0, 0.1) is 0 Å². The van der Waals surface area contributed by atoms with Gasteiger partial charge in [0, 0.05) is 30.9 Å². The van der Waals surface area contributed by atoms with Gasteiger partial charge in [-0.25, -0.2) is 9.18 Å². The molecule has 23 heavy (non-hydrogen) atoms. The zero-order valence-corrected chi connectivity index (χ0v) is 14.0. The highest BCUT2D eigenvalue weighted by atomic mass is 79.9. The maximum absolute atomic E-state index is 13.0. The number of nitrogens with two attached hydrogens (primary N) is 1. The molecule has 2 N–H and O–H groups in total. The van der Waals surface area contributed by atoms with Crippen LogP contribution < -0.4 is 5.73 Å². The highest BCUT2D eigenvalue weighted by molar-refractivity contribution is 9.10. The summed E-state index contributed by atoms with van der Waals surface area (Å²) in [5.74, 6) is 0.0346. The van der Waals surface area contributed by atoms with Gasteiger partial charge < -0.3 is 19.9 Å². The van der Waals surface area contributed by atoms with Gasteiger partial charge in [0.1, 0.15) is 6.61 Å². The molecule has 2 amide bonds.